The average Bonchev–Trinajstić information content (AvgIpc) is 2.21. The molecular weight excluding hydrogens is 242 g/mol. The number of hydrogen-bond donors (Lipinski definition) is 0. The highest BCUT2D eigenvalue weighted by molar-refractivity contribution is 9.10. The van der Waals surface area contributed by atoms with Crippen molar-refractivity contribution < 1.29 is 4.79 Å². The van der Waals surface area contributed by atoms with E-state index in [0.29, 0.717) is 0 Å². The quantitative estimate of drug-likeness (QED) is 0.716. The van der Waals surface area contributed by atoms with Crippen molar-refractivity contribution in [2.75, 3.05) is 6.54 Å². The molecule has 0 aromatic rings. The van der Waals surface area contributed by atoms with Crippen LogP contribution in [0.25, 0.3) is 0 Å². The first kappa shape index (κ1) is 12.0. The maximum absolute atomic E-state index is 12.0. The van der Waals surface area contributed by atoms with E-state index in [1.54, 1.807) is 0 Å². The molecule has 1 heterocycles. The second-order valence-corrected chi connectivity index (χ2v) is 5.41. The average molecular weight is 262 g/mol. The van der Waals surface area contributed by atoms with E-state index < -0.39 is 0 Å². The molecule has 1 aliphatic rings. The van der Waals surface area contributed by atoms with E-state index in [2.05, 4.69) is 41.6 Å². The Morgan fingerprint density at radius 1 is 1.50 bits per heavy atom. The minimum Gasteiger partial charge on any atom is -0.336 e. The Hall–Kier alpha value is -0.0500. The van der Waals surface area contributed by atoms with Crippen molar-refractivity contribution >= 4 is 21.8 Å². The summed E-state index contributed by atoms with van der Waals surface area (Å²) in [5, 5.41) is 0. The minimum absolute atomic E-state index is 0.0497. The lowest BCUT2D eigenvalue weighted by Gasteiger charge is -2.44. The minimum atomic E-state index is 0.0497. The lowest BCUT2D eigenvalue weighted by Crippen LogP contribution is -2.54. The summed E-state index contributed by atoms with van der Waals surface area (Å²) in [5.41, 5.74) is 0.0591. The Balaban J connectivity index is 2.79. The number of piperidine rings is 1. The molecule has 1 aliphatic heterocycles. The second kappa shape index (κ2) is 4.65. The van der Waals surface area contributed by atoms with Crippen molar-refractivity contribution in [3.8, 4) is 0 Å². The molecule has 1 rings (SSSR count). The molecule has 1 fully saturated rings. The summed E-state index contributed by atoms with van der Waals surface area (Å²) in [5.74, 6) is 0.280. The number of alkyl halides is 1. The number of halogens is 1. The third kappa shape index (κ3) is 2.13. The summed E-state index contributed by atoms with van der Waals surface area (Å²) in [7, 11) is 0. The first-order chi connectivity index (χ1) is 6.55. The predicted octanol–water partition coefficient (Wildman–Crippen LogP) is 2.95. The van der Waals surface area contributed by atoms with Gasteiger partial charge >= 0.3 is 0 Å². The van der Waals surface area contributed by atoms with Gasteiger partial charge in [0.05, 0.1) is 4.83 Å². The van der Waals surface area contributed by atoms with Gasteiger partial charge in [0, 0.05) is 12.1 Å². The largest absolute Gasteiger partial charge is 0.336 e. The maximum Gasteiger partial charge on any atom is 0.236 e. The van der Waals surface area contributed by atoms with Crippen LogP contribution in [-0.4, -0.2) is 27.7 Å². The predicted molar refractivity (Wildman–Crippen MR) is 62.6 cm³/mol. The van der Waals surface area contributed by atoms with Crippen molar-refractivity contribution in [1.82, 2.24) is 4.90 Å². The van der Waals surface area contributed by atoms with Crippen LogP contribution in [0.15, 0.2) is 0 Å². The van der Waals surface area contributed by atoms with Gasteiger partial charge in [-0.2, -0.15) is 0 Å². The molecule has 0 saturated carbocycles. The first-order valence-electron chi connectivity index (χ1n) is 5.50. The zero-order chi connectivity index (χ0) is 10.8. The topological polar surface area (TPSA) is 20.3 Å². The Bertz CT molecular complexity index is 213. The summed E-state index contributed by atoms with van der Waals surface area (Å²) in [6.07, 6.45) is 4.18. The van der Waals surface area contributed by atoms with Crippen LogP contribution in [0.2, 0.25) is 0 Å². The fourth-order valence-corrected chi connectivity index (χ4v) is 2.57. The zero-order valence-electron chi connectivity index (χ0n) is 9.35. The van der Waals surface area contributed by atoms with Gasteiger partial charge in [-0.25, -0.2) is 0 Å². The molecule has 82 valence electrons. The van der Waals surface area contributed by atoms with E-state index in [1.807, 2.05) is 0 Å². The summed E-state index contributed by atoms with van der Waals surface area (Å²) >= 11 is 3.45. The third-order valence-electron chi connectivity index (χ3n) is 3.55. The number of rotatable bonds is 3. The van der Waals surface area contributed by atoms with Gasteiger partial charge in [0.25, 0.3) is 0 Å². The van der Waals surface area contributed by atoms with Crippen molar-refractivity contribution in [1.29, 1.82) is 0 Å². The lowest BCUT2D eigenvalue weighted by atomic mass is 9.90. The van der Waals surface area contributed by atoms with Crippen molar-refractivity contribution in [2.45, 2.75) is 56.8 Å². The number of nitrogens with zero attached hydrogens (tertiary/aromatic N) is 1. The van der Waals surface area contributed by atoms with Crippen LogP contribution >= 0.6 is 15.9 Å². The summed E-state index contributed by atoms with van der Waals surface area (Å²) < 4.78 is 0. The highest BCUT2D eigenvalue weighted by atomic mass is 79.9. The number of carbonyl (C=O) groups excluding carboxylic acids is 1. The summed E-state index contributed by atoms with van der Waals surface area (Å²) in [4.78, 5) is 14.1. The summed E-state index contributed by atoms with van der Waals surface area (Å²) in [6.45, 7) is 7.44. The molecular formula is C11H20BrNO. The van der Waals surface area contributed by atoms with Crippen molar-refractivity contribution in [2.24, 2.45) is 0 Å². The molecule has 2 nitrogen and oxygen atoms in total. The highest BCUT2D eigenvalue weighted by Crippen LogP contribution is 2.29. The SMILES string of the molecule is CCC(C)(CC)N1CCCC(Br)C1=O. The van der Waals surface area contributed by atoms with Gasteiger partial charge in [-0.15, -0.1) is 0 Å². The molecule has 0 aromatic carbocycles. The third-order valence-corrected chi connectivity index (χ3v) is 4.40. The lowest BCUT2D eigenvalue weighted by molar-refractivity contribution is -0.139. The normalized spacial score (nSPS) is 24.1. The molecule has 1 atom stereocenters. The molecule has 0 aliphatic carbocycles. The molecule has 1 saturated heterocycles. The first-order valence-corrected chi connectivity index (χ1v) is 6.42. The highest BCUT2D eigenvalue weighted by Gasteiger charge is 2.36. The van der Waals surface area contributed by atoms with E-state index in [9.17, 15) is 4.79 Å². The van der Waals surface area contributed by atoms with E-state index in [1.165, 1.54) is 0 Å². The van der Waals surface area contributed by atoms with Crippen LogP contribution in [0.4, 0.5) is 0 Å². The van der Waals surface area contributed by atoms with E-state index >= 15 is 0 Å². The smallest absolute Gasteiger partial charge is 0.236 e. The van der Waals surface area contributed by atoms with Gasteiger partial charge in [0.2, 0.25) is 5.91 Å². The second-order valence-electron chi connectivity index (χ2n) is 4.30. The molecule has 0 radical (unpaired) electrons. The van der Waals surface area contributed by atoms with Crippen LogP contribution < -0.4 is 0 Å². The Morgan fingerprint density at radius 3 is 2.57 bits per heavy atom. The molecule has 0 bridgehead atoms. The van der Waals surface area contributed by atoms with Gasteiger partial charge in [-0.1, -0.05) is 29.8 Å². The fourth-order valence-electron chi connectivity index (χ4n) is 2.00. The number of hydrogen-bond acceptors (Lipinski definition) is 1. The molecule has 3 heteroatoms. The van der Waals surface area contributed by atoms with Gasteiger partial charge in [0.15, 0.2) is 0 Å². The van der Waals surface area contributed by atoms with E-state index in [0.717, 1.165) is 32.2 Å². The van der Waals surface area contributed by atoms with Gasteiger partial charge in [-0.05, 0) is 32.6 Å². The van der Waals surface area contributed by atoms with Crippen molar-refractivity contribution in [3.63, 3.8) is 0 Å². The Labute approximate surface area is 95.2 Å². The number of carbonyl (C=O) groups is 1. The standard InChI is InChI=1S/C11H20BrNO/c1-4-11(3,5-2)13-8-6-7-9(12)10(13)14/h9H,4-8H2,1-3H3. The number of amides is 1. The summed E-state index contributed by atoms with van der Waals surface area (Å²) in [6, 6.07) is 0. The molecule has 1 unspecified atom stereocenters. The molecule has 0 N–H and O–H groups in total. The Kier molecular flexibility index (Phi) is 3.99. The molecule has 14 heavy (non-hydrogen) atoms. The van der Waals surface area contributed by atoms with E-state index in [-0.39, 0.29) is 16.3 Å². The van der Waals surface area contributed by atoms with Gasteiger partial charge in [-0.3, -0.25) is 4.79 Å². The molecule has 1 amide bonds. The zero-order valence-corrected chi connectivity index (χ0v) is 10.9. The molecule has 0 spiro atoms. The van der Waals surface area contributed by atoms with Gasteiger partial charge in [0.1, 0.15) is 0 Å². The van der Waals surface area contributed by atoms with Crippen LogP contribution in [0.3, 0.4) is 0 Å². The monoisotopic (exact) mass is 261 g/mol. The molecule has 0 aromatic heterocycles. The Morgan fingerprint density at radius 2 is 2.07 bits per heavy atom. The van der Waals surface area contributed by atoms with E-state index in [4.69, 9.17) is 0 Å². The number of likely N-dealkylation sites (tertiary alicyclic amines) is 1. The maximum atomic E-state index is 12.0. The fraction of sp³-hybridized carbons (Fsp3) is 0.909. The van der Waals surface area contributed by atoms with Crippen LogP contribution in [0, 0.1) is 0 Å². The van der Waals surface area contributed by atoms with Crippen LogP contribution in [-0.2, 0) is 4.79 Å². The van der Waals surface area contributed by atoms with Gasteiger partial charge < -0.3 is 4.90 Å². The van der Waals surface area contributed by atoms with Crippen molar-refractivity contribution in [3.05, 3.63) is 0 Å². The van der Waals surface area contributed by atoms with Crippen LogP contribution in [0.1, 0.15) is 46.5 Å². The van der Waals surface area contributed by atoms with Crippen LogP contribution in [0.5, 0.6) is 0 Å².